The third kappa shape index (κ3) is 3.54. The molecule has 1 aromatic heterocycles. The van der Waals surface area contributed by atoms with E-state index in [1.165, 1.54) is 18.7 Å². The highest BCUT2D eigenvalue weighted by molar-refractivity contribution is 5.05. The smallest absolute Gasteiger partial charge is 0.109 e. The summed E-state index contributed by atoms with van der Waals surface area (Å²) in [5.74, 6) is 1.25. The van der Waals surface area contributed by atoms with Crippen LogP contribution in [0, 0.1) is 6.92 Å². The van der Waals surface area contributed by atoms with Gasteiger partial charge in [0.05, 0.1) is 5.69 Å². The number of methoxy groups -OCH3 is 1. The summed E-state index contributed by atoms with van der Waals surface area (Å²) >= 11 is 0. The Morgan fingerprint density at radius 2 is 2.41 bits per heavy atom. The summed E-state index contributed by atoms with van der Waals surface area (Å²) in [6.07, 6.45) is 6.81. The first-order valence-corrected chi connectivity index (χ1v) is 6.54. The fraction of sp³-hybridized carbons (Fsp3) is 0.769. The quantitative estimate of drug-likeness (QED) is 0.763. The second kappa shape index (κ2) is 6.17. The summed E-state index contributed by atoms with van der Waals surface area (Å²) in [5, 5.41) is 3.63. The van der Waals surface area contributed by atoms with Gasteiger partial charge in [0.2, 0.25) is 0 Å². The van der Waals surface area contributed by atoms with E-state index in [2.05, 4.69) is 28.0 Å². The van der Waals surface area contributed by atoms with Crippen molar-refractivity contribution in [1.29, 1.82) is 0 Å². The molecule has 0 amide bonds. The third-order valence-electron chi connectivity index (χ3n) is 3.32. The molecule has 4 nitrogen and oxygen atoms in total. The van der Waals surface area contributed by atoms with E-state index in [1.54, 1.807) is 7.11 Å². The van der Waals surface area contributed by atoms with Crippen molar-refractivity contribution >= 4 is 0 Å². The fourth-order valence-electron chi connectivity index (χ4n) is 2.43. The molecule has 0 fully saturated rings. The van der Waals surface area contributed by atoms with Gasteiger partial charge < -0.3 is 14.6 Å². The average molecular weight is 237 g/mol. The van der Waals surface area contributed by atoms with Gasteiger partial charge in [-0.2, -0.15) is 0 Å². The summed E-state index contributed by atoms with van der Waals surface area (Å²) in [5.41, 5.74) is 1.14. The van der Waals surface area contributed by atoms with E-state index in [0.717, 1.165) is 38.2 Å². The SMILES string of the molecule is COCCCCNC1CCc2nc(C)cn2C1. The number of aromatic nitrogens is 2. The van der Waals surface area contributed by atoms with Crippen LogP contribution in [0.1, 0.15) is 30.8 Å². The summed E-state index contributed by atoms with van der Waals surface area (Å²) < 4.78 is 7.34. The van der Waals surface area contributed by atoms with Gasteiger partial charge in [-0.25, -0.2) is 4.98 Å². The molecule has 1 unspecified atom stereocenters. The van der Waals surface area contributed by atoms with Gasteiger partial charge in [-0.3, -0.25) is 0 Å². The Kier molecular flexibility index (Phi) is 4.57. The van der Waals surface area contributed by atoms with Crippen LogP contribution in [-0.2, 0) is 17.7 Å². The van der Waals surface area contributed by atoms with Gasteiger partial charge in [0.25, 0.3) is 0 Å². The number of hydrogen-bond donors (Lipinski definition) is 1. The molecule has 4 heteroatoms. The van der Waals surface area contributed by atoms with Crippen molar-refractivity contribution in [3.8, 4) is 0 Å². The Bertz CT molecular complexity index is 348. The molecule has 2 heterocycles. The molecule has 0 bridgehead atoms. The van der Waals surface area contributed by atoms with E-state index < -0.39 is 0 Å². The Hall–Kier alpha value is -0.870. The highest BCUT2D eigenvalue weighted by Crippen LogP contribution is 2.14. The van der Waals surface area contributed by atoms with E-state index >= 15 is 0 Å². The van der Waals surface area contributed by atoms with Crippen LogP contribution >= 0.6 is 0 Å². The lowest BCUT2D eigenvalue weighted by Gasteiger charge is -2.24. The summed E-state index contributed by atoms with van der Waals surface area (Å²) in [7, 11) is 1.76. The van der Waals surface area contributed by atoms with E-state index in [4.69, 9.17) is 4.74 Å². The number of hydrogen-bond acceptors (Lipinski definition) is 3. The molecule has 0 spiro atoms. The van der Waals surface area contributed by atoms with E-state index in [9.17, 15) is 0 Å². The van der Waals surface area contributed by atoms with E-state index in [1.807, 2.05) is 0 Å². The van der Waals surface area contributed by atoms with Crippen molar-refractivity contribution in [1.82, 2.24) is 14.9 Å². The molecule has 0 aliphatic carbocycles. The van der Waals surface area contributed by atoms with Crippen molar-refractivity contribution in [3.63, 3.8) is 0 Å². The molecular weight excluding hydrogens is 214 g/mol. The third-order valence-corrected chi connectivity index (χ3v) is 3.32. The number of fused-ring (bicyclic) bond motifs is 1. The standard InChI is InChI=1S/C13H23N3O/c1-11-9-16-10-12(5-6-13(16)15-11)14-7-3-4-8-17-2/h9,12,14H,3-8,10H2,1-2H3. The largest absolute Gasteiger partial charge is 0.385 e. The molecule has 0 radical (unpaired) electrons. The first-order valence-electron chi connectivity index (χ1n) is 6.54. The molecular formula is C13H23N3O. The molecule has 0 saturated carbocycles. The van der Waals surface area contributed by atoms with Crippen molar-refractivity contribution in [3.05, 3.63) is 17.7 Å². The molecule has 96 valence electrons. The minimum absolute atomic E-state index is 0.610. The van der Waals surface area contributed by atoms with Gasteiger partial charge in [-0.05, 0) is 32.7 Å². The highest BCUT2D eigenvalue weighted by Gasteiger charge is 2.18. The van der Waals surface area contributed by atoms with Crippen molar-refractivity contribution in [2.75, 3.05) is 20.3 Å². The lowest BCUT2D eigenvalue weighted by Crippen LogP contribution is -2.37. The molecule has 1 atom stereocenters. The minimum Gasteiger partial charge on any atom is -0.385 e. The maximum Gasteiger partial charge on any atom is 0.109 e. The predicted octanol–water partition coefficient (Wildman–Crippen LogP) is 1.52. The highest BCUT2D eigenvalue weighted by atomic mass is 16.5. The lowest BCUT2D eigenvalue weighted by molar-refractivity contribution is 0.192. The summed E-state index contributed by atoms with van der Waals surface area (Å²) in [6.45, 7) is 5.10. The second-order valence-electron chi connectivity index (χ2n) is 4.84. The molecule has 2 rings (SSSR count). The molecule has 0 saturated heterocycles. The number of aryl methyl sites for hydroxylation is 2. The van der Waals surface area contributed by atoms with Crippen LogP contribution < -0.4 is 5.32 Å². The molecule has 1 N–H and O–H groups in total. The molecule has 1 aromatic rings. The van der Waals surface area contributed by atoms with Crippen LogP contribution in [0.5, 0.6) is 0 Å². The van der Waals surface area contributed by atoms with Gasteiger partial charge in [0.1, 0.15) is 5.82 Å². The second-order valence-corrected chi connectivity index (χ2v) is 4.84. The molecule has 1 aliphatic heterocycles. The zero-order valence-electron chi connectivity index (χ0n) is 10.9. The number of imidazole rings is 1. The topological polar surface area (TPSA) is 39.1 Å². The monoisotopic (exact) mass is 237 g/mol. The number of ether oxygens (including phenoxy) is 1. The maximum atomic E-state index is 5.04. The van der Waals surface area contributed by atoms with Crippen LogP contribution in [0.4, 0.5) is 0 Å². The van der Waals surface area contributed by atoms with Crippen molar-refractivity contribution in [2.45, 2.75) is 45.2 Å². The Morgan fingerprint density at radius 1 is 1.53 bits per heavy atom. The van der Waals surface area contributed by atoms with Crippen LogP contribution in [0.2, 0.25) is 0 Å². The predicted molar refractivity (Wildman–Crippen MR) is 68.2 cm³/mol. The molecule has 1 aliphatic rings. The van der Waals surface area contributed by atoms with Gasteiger partial charge in [0, 0.05) is 38.9 Å². The van der Waals surface area contributed by atoms with Crippen LogP contribution in [0.3, 0.4) is 0 Å². The molecule has 17 heavy (non-hydrogen) atoms. The fourth-order valence-corrected chi connectivity index (χ4v) is 2.43. The number of nitrogens with one attached hydrogen (secondary N) is 1. The van der Waals surface area contributed by atoms with Gasteiger partial charge >= 0.3 is 0 Å². The summed E-state index contributed by atoms with van der Waals surface area (Å²) in [6, 6.07) is 0.610. The average Bonchev–Trinajstić information content (AvgIpc) is 2.68. The zero-order valence-corrected chi connectivity index (χ0v) is 10.9. The van der Waals surface area contributed by atoms with E-state index in [0.29, 0.717) is 6.04 Å². The van der Waals surface area contributed by atoms with Gasteiger partial charge in [0.15, 0.2) is 0 Å². The van der Waals surface area contributed by atoms with E-state index in [-0.39, 0.29) is 0 Å². The first-order chi connectivity index (χ1) is 8.29. The summed E-state index contributed by atoms with van der Waals surface area (Å²) in [4.78, 5) is 4.53. The van der Waals surface area contributed by atoms with Crippen molar-refractivity contribution in [2.24, 2.45) is 0 Å². The van der Waals surface area contributed by atoms with Crippen LogP contribution in [0.15, 0.2) is 6.20 Å². The minimum atomic E-state index is 0.610. The molecule has 0 aromatic carbocycles. The van der Waals surface area contributed by atoms with Gasteiger partial charge in [-0.1, -0.05) is 0 Å². The van der Waals surface area contributed by atoms with Crippen LogP contribution in [0.25, 0.3) is 0 Å². The normalized spacial score (nSPS) is 19.3. The number of rotatable bonds is 6. The number of nitrogens with zero attached hydrogens (tertiary/aromatic N) is 2. The van der Waals surface area contributed by atoms with Crippen molar-refractivity contribution < 1.29 is 4.74 Å². The Labute approximate surface area is 103 Å². The Morgan fingerprint density at radius 3 is 3.24 bits per heavy atom. The Balaban J connectivity index is 1.71. The van der Waals surface area contributed by atoms with Gasteiger partial charge in [-0.15, -0.1) is 0 Å². The number of unbranched alkanes of at least 4 members (excludes halogenated alkanes) is 1. The van der Waals surface area contributed by atoms with Crippen LogP contribution in [-0.4, -0.2) is 35.9 Å². The zero-order chi connectivity index (χ0) is 12.1. The lowest BCUT2D eigenvalue weighted by atomic mass is 10.1. The maximum absolute atomic E-state index is 5.04. The first kappa shape index (κ1) is 12.6.